The van der Waals surface area contributed by atoms with E-state index >= 15 is 0 Å². The van der Waals surface area contributed by atoms with Crippen molar-refractivity contribution in [3.63, 3.8) is 0 Å². The van der Waals surface area contributed by atoms with E-state index in [-0.39, 0.29) is 5.92 Å². The molecule has 0 bridgehead atoms. The first-order valence-electron chi connectivity index (χ1n) is 6.97. The summed E-state index contributed by atoms with van der Waals surface area (Å²) in [4.78, 5) is 1.33. The molecule has 5 nitrogen and oxygen atoms in total. The normalized spacial score (nSPS) is 19.5. The van der Waals surface area contributed by atoms with Crippen molar-refractivity contribution in [1.29, 1.82) is 0 Å². The molecule has 8 heteroatoms. The number of rotatable bonds is 7. The van der Waals surface area contributed by atoms with Gasteiger partial charge in [0.05, 0.1) is 10.4 Å². The summed E-state index contributed by atoms with van der Waals surface area (Å²) in [5.74, 6) is 0.277. The SMILES string of the molecule is CC(C)NCc1cc(S(=O)(=O)NCC2CCOC2)c(Br)s1. The highest BCUT2D eigenvalue weighted by Crippen LogP contribution is 2.31. The Morgan fingerprint density at radius 1 is 1.52 bits per heavy atom. The molecule has 1 aromatic heterocycles. The molecule has 1 atom stereocenters. The predicted molar refractivity (Wildman–Crippen MR) is 88.1 cm³/mol. The van der Waals surface area contributed by atoms with Gasteiger partial charge in [0.1, 0.15) is 4.90 Å². The minimum absolute atomic E-state index is 0.277. The third kappa shape index (κ3) is 5.01. The zero-order valence-corrected chi connectivity index (χ0v) is 15.4. The van der Waals surface area contributed by atoms with Gasteiger partial charge in [0.25, 0.3) is 0 Å². The molecule has 2 heterocycles. The van der Waals surface area contributed by atoms with Crippen LogP contribution in [-0.4, -0.2) is 34.2 Å². The Kier molecular flexibility index (Phi) is 6.22. The molecule has 0 spiro atoms. The molecule has 0 aliphatic carbocycles. The highest BCUT2D eigenvalue weighted by atomic mass is 79.9. The zero-order valence-electron chi connectivity index (χ0n) is 12.2. The van der Waals surface area contributed by atoms with Gasteiger partial charge in [0.2, 0.25) is 10.0 Å². The summed E-state index contributed by atoms with van der Waals surface area (Å²) in [6, 6.07) is 2.10. The van der Waals surface area contributed by atoms with Crippen molar-refractivity contribution in [2.75, 3.05) is 19.8 Å². The van der Waals surface area contributed by atoms with Crippen LogP contribution in [0.5, 0.6) is 0 Å². The Morgan fingerprint density at radius 2 is 2.29 bits per heavy atom. The summed E-state index contributed by atoms with van der Waals surface area (Å²) < 4.78 is 33.3. The van der Waals surface area contributed by atoms with E-state index in [1.54, 1.807) is 6.07 Å². The number of ether oxygens (including phenoxy) is 1. The average Bonchev–Trinajstić information content (AvgIpc) is 3.03. The second kappa shape index (κ2) is 7.52. The molecule has 120 valence electrons. The van der Waals surface area contributed by atoms with Crippen LogP contribution in [0.1, 0.15) is 25.1 Å². The van der Waals surface area contributed by atoms with Crippen LogP contribution < -0.4 is 10.0 Å². The fourth-order valence-electron chi connectivity index (χ4n) is 2.02. The van der Waals surface area contributed by atoms with Gasteiger partial charge in [-0.15, -0.1) is 11.3 Å². The van der Waals surface area contributed by atoms with E-state index in [0.717, 1.165) is 17.9 Å². The maximum absolute atomic E-state index is 12.4. The topological polar surface area (TPSA) is 67.4 Å². The fourth-order valence-corrected chi connectivity index (χ4v) is 5.77. The standard InChI is InChI=1S/C13H21BrN2O3S2/c1-9(2)15-7-11-5-12(13(14)20-11)21(17,18)16-6-10-3-4-19-8-10/h5,9-10,15-16H,3-4,6-8H2,1-2H3. The smallest absolute Gasteiger partial charge is 0.242 e. The van der Waals surface area contributed by atoms with Gasteiger partial charge in [-0.3, -0.25) is 0 Å². The lowest BCUT2D eigenvalue weighted by Gasteiger charge is -2.09. The number of halogens is 1. The third-order valence-electron chi connectivity index (χ3n) is 3.27. The van der Waals surface area contributed by atoms with E-state index in [2.05, 4.69) is 39.8 Å². The van der Waals surface area contributed by atoms with Crippen molar-refractivity contribution >= 4 is 37.3 Å². The van der Waals surface area contributed by atoms with Gasteiger partial charge in [-0.2, -0.15) is 0 Å². The Labute approximate surface area is 138 Å². The molecule has 1 fully saturated rings. The fraction of sp³-hybridized carbons (Fsp3) is 0.692. The van der Waals surface area contributed by atoms with Gasteiger partial charge in [-0.1, -0.05) is 13.8 Å². The van der Waals surface area contributed by atoms with Gasteiger partial charge in [0, 0.05) is 30.6 Å². The van der Waals surface area contributed by atoms with Crippen molar-refractivity contribution in [2.45, 2.75) is 37.8 Å². The number of hydrogen-bond donors (Lipinski definition) is 2. The van der Waals surface area contributed by atoms with Crippen LogP contribution in [0, 0.1) is 5.92 Å². The first-order chi connectivity index (χ1) is 9.88. The summed E-state index contributed by atoms with van der Waals surface area (Å²) in [6.45, 7) is 6.59. The second-order valence-corrected chi connectivity index (χ2v) is 9.66. The molecular formula is C13H21BrN2O3S2. The van der Waals surface area contributed by atoms with E-state index < -0.39 is 10.0 Å². The Bertz CT molecular complexity index is 566. The molecular weight excluding hydrogens is 376 g/mol. The Balaban J connectivity index is 2.01. The number of thiophene rings is 1. The molecule has 0 aromatic carbocycles. The number of nitrogens with one attached hydrogen (secondary N) is 2. The van der Waals surface area contributed by atoms with E-state index in [9.17, 15) is 8.42 Å². The molecule has 1 unspecified atom stereocenters. The molecule has 0 radical (unpaired) electrons. The van der Waals surface area contributed by atoms with Crippen LogP contribution in [0.15, 0.2) is 14.7 Å². The monoisotopic (exact) mass is 396 g/mol. The Hall–Kier alpha value is 0.01000. The average molecular weight is 397 g/mol. The first kappa shape index (κ1) is 17.4. The molecule has 21 heavy (non-hydrogen) atoms. The molecule has 2 rings (SSSR count). The van der Waals surface area contributed by atoms with Crippen LogP contribution in [0.2, 0.25) is 0 Å². The maximum Gasteiger partial charge on any atom is 0.242 e. The zero-order chi connectivity index (χ0) is 15.5. The molecule has 1 saturated heterocycles. The highest BCUT2D eigenvalue weighted by Gasteiger charge is 2.23. The van der Waals surface area contributed by atoms with Crippen molar-refractivity contribution in [1.82, 2.24) is 10.0 Å². The lowest BCUT2D eigenvalue weighted by atomic mass is 10.1. The third-order valence-corrected chi connectivity index (χ3v) is 6.94. The van der Waals surface area contributed by atoms with Crippen LogP contribution in [-0.2, 0) is 21.3 Å². The quantitative estimate of drug-likeness (QED) is 0.741. The number of hydrogen-bond acceptors (Lipinski definition) is 5. The second-order valence-electron chi connectivity index (χ2n) is 5.47. The van der Waals surface area contributed by atoms with Gasteiger partial charge in [-0.25, -0.2) is 13.1 Å². The minimum atomic E-state index is -3.47. The summed E-state index contributed by atoms with van der Waals surface area (Å²) in [5.41, 5.74) is 0. The summed E-state index contributed by atoms with van der Waals surface area (Å²) in [6.07, 6.45) is 0.914. The van der Waals surface area contributed by atoms with Crippen molar-refractivity contribution < 1.29 is 13.2 Å². The molecule has 0 saturated carbocycles. The maximum atomic E-state index is 12.4. The lowest BCUT2D eigenvalue weighted by molar-refractivity contribution is 0.186. The van der Waals surface area contributed by atoms with Crippen LogP contribution in [0.25, 0.3) is 0 Å². The van der Waals surface area contributed by atoms with Gasteiger partial charge >= 0.3 is 0 Å². The summed E-state index contributed by atoms with van der Waals surface area (Å²) >= 11 is 4.81. The summed E-state index contributed by atoms with van der Waals surface area (Å²) in [7, 11) is -3.47. The predicted octanol–water partition coefficient (Wildman–Crippen LogP) is 2.32. The van der Waals surface area contributed by atoms with Crippen molar-refractivity contribution in [2.24, 2.45) is 5.92 Å². The van der Waals surface area contributed by atoms with Crippen molar-refractivity contribution in [3.8, 4) is 0 Å². The van der Waals surface area contributed by atoms with Crippen LogP contribution >= 0.6 is 27.3 Å². The molecule has 0 amide bonds. The van der Waals surface area contributed by atoms with Crippen molar-refractivity contribution in [3.05, 3.63) is 14.7 Å². The number of sulfonamides is 1. The van der Waals surface area contributed by atoms with Gasteiger partial charge in [0.15, 0.2) is 0 Å². The minimum Gasteiger partial charge on any atom is -0.381 e. The van der Waals surface area contributed by atoms with E-state index in [4.69, 9.17) is 4.74 Å². The molecule has 2 N–H and O–H groups in total. The Morgan fingerprint density at radius 3 is 2.90 bits per heavy atom. The summed E-state index contributed by atoms with van der Waals surface area (Å²) in [5, 5.41) is 3.29. The lowest BCUT2D eigenvalue weighted by Crippen LogP contribution is -2.29. The van der Waals surface area contributed by atoms with Gasteiger partial charge in [-0.05, 0) is 34.3 Å². The molecule has 1 aromatic rings. The highest BCUT2D eigenvalue weighted by molar-refractivity contribution is 9.11. The van der Waals surface area contributed by atoms with Gasteiger partial charge < -0.3 is 10.1 Å². The first-order valence-corrected chi connectivity index (χ1v) is 10.1. The van der Waals surface area contributed by atoms with Crippen LogP contribution in [0.3, 0.4) is 0 Å². The van der Waals surface area contributed by atoms with E-state index in [1.807, 2.05) is 0 Å². The van der Waals surface area contributed by atoms with E-state index in [1.165, 1.54) is 11.3 Å². The van der Waals surface area contributed by atoms with E-state index in [0.29, 0.717) is 34.4 Å². The molecule has 1 aliphatic rings. The molecule has 1 aliphatic heterocycles. The van der Waals surface area contributed by atoms with Crippen LogP contribution in [0.4, 0.5) is 0 Å². The largest absolute Gasteiger partial charge is 0.381 e.